The van der Waals surface area contributed by atoms with Crippen molar-refractivity contribution in [3.05, 3.63) is 82.7 Å². The van der Waals surface area contributed by atoms with Crippen LogP contribution in [0.25, 0.3) is 5.69 Å². The lowest BCUT2D eigenvalue weighted by molar-refractivity contribution is -0.139. The number of carbonyl (C=O) groups is 2. The topological polar surface area (TPSA) is 116 Å². The molecule has 0 saturated carbocycles. The van der Waals surface area contributed by atoms with Gasteiger partial charge in [0.1, 0.15) is 11.6 Å². The van der Waals surface area contributed by atoms with Gasteiger partial charge in [-0.2, -0.15) is 5.10 Å². The van der Waals surface area contributed by atoms with Gasteiger partial charge in [0.25, 0.3) is 5.91 Å². The molecule has 2 aromatic carbocycles. The zero-order valence-corrected chi connectivity index (χ0v) is 21.6. The summed E-state index contributed by atoms with van der Waals surface area (Å²) in [6.45, 7) is 4.06. The van der Waals surface area contributed by atoms with E-state index < -0.39 is 30.4 Å². The van der Waals surface area contributed by atoms with E-state index in [9.17, 15) is 28.6 Å². The van der Waals surface area contributed by atoms with Crippen LogP contribution in [0, 0.1) is 11.6 Å². The van der Waals surface area contributed by atoms with Crippen LogP contribution in [0.15, 0.2) is 48.5 Å². The fourth-order valence-corrected chi connectivity index (χ4v) is 4.40. The van der Waals surface area contributed by atoms with Crippen molar-refractivity contribution in [1.82, 2.24) is 14.7 Å². The van der Waals surface area contributed by atoms with Crippen molar-refractivity contribution < 1.29 is 33.7 Å². The summed E-state index contributed by atoms with van der Waals surface area (Å²) in [6, 6.07) is 11.5. The van der Waals surface area contributed by atoms with Crippen LogP contribution in [0.3, 0.4) is 0 Å². The molecule has 0 radical (unpaired) electrons. The molecule has 0 unspecified atom stereocenters. The number of carboxylic acid groups (broad SMARTS) is 1. The molecule has 0 aliphatic heterocycles. The summed E-state index contributed by atoms with van der Waals surface area (Å²) in [5.41, 5.74) is 2.81. The third kappa shape index (κ3) is 7.45. The maximum Gasteiger partial charge on any atom is 0.305 e. The lowest BCUT2D eigenvalue weighted by atomic mass is 9.95. The lowest BCUT2D eigenvalue weighted by Crippen LogP contribution is -2.27. The normalized spacial score (nSPS) is 12.9. The summed E-state index contributed by atoms with van der Waals surface area (Å²) in [5.74, 6) is -2.44. The van der Waals surface area contributed by atoms with Gasteiger partial charge in [-0.3, -0.25) is 9.59 Å². The second-order valence-corrected chi connectivity index (χ2v) is 9.72. The molecule has 8 nitrogen and oxygen atoms in total. The van der Waals surface area contributed by atoms with Crippen LogP contribution in [0.4, 0.5) is 8.78 Å². The van der Waals surface area contributed by atoms with E-state index in [4.69, 9.17) is 5.11 Å². The van der Waals surface area contributed by atoms with E-state index in [-0.39, 0.29) is 49.1 Å². The Morgan fingerprint density at radius 2 is 1.55 bits per heavy atom. The Morgan fingerprint density at radius 3 is 2.11 bits per heavy atom. The number of halogens is 2. The standard InChI is InChI=1S/C28H33F2N3O5/c1-17(2)26-24(13-12-22(34)14-23(35)15-25(36)37)33(21-10-8-20(30)9-11-21)31-27(26)28(38)32(3)16-18-4-6-19(29)7-5-18/h4-11,17,22-23,34-35H,12-16H2,1-3H3,(H,36,37)/t22-,23-/m1/s1. The van der Waals surface area contributed by atoms with Gasteiger partial charge in [0.05, 0.1) is 24.3 Å². The number of hydrogen-bond donors (Lipinski definition) is 3. The lowest BCUT2D eigenvalue weighted by Gasteiger charge is -2.18. The van der Waals surface area contributed by atoms with Gasteiger partial charge in [-0.25, -0.2) is 13.5 Å². The molecule has 0 spiro atoms. The maximum absolute atomic E-state index is 13.6. The highest BCUT2D eigenvalue weighted by atomic mass is 19.1. The molecule has 2 atom stereocenters. The van der Waals surface area contributed by atoms with Crippen molar-refractivity contribution >= 4 is 11.9 Å². The maximum atomic E-state index is 13.6. The van der Waals surface area contributed by atoms with Crippen molar-refractivity contribution in [1.29, 1.82) is 0 Å². The molecular formula is C28H33F2N3O5. The Kier molecular flexibility index (Phi) is 9.71. The molecule has 1 aromatic heterocycles. The number of rotatable bonds is 12. The molecule has 10 heteroatoms. The third-order valence-corrected chi connectivity index (χ3v) is 6.22. The predicted molar refractivity (Wildman–Crippen MR) is 137 cm³/mol. The van der Waals surface area contributed by atoms with Crippen molar-refractivity contribution in [3.8, 4) is 5.69 Å². The Morgan fingerprint density at radius 1 is 0.974 bits per heavy atom. The molecule has 0 aliphatic carbocycles. The largest absolute Gasteiger partial charge is 0.481 e. The number of aliphatic hydroxyl groups excluding tert-OH is 2. The van der Waals surface area contributed by atoms with Crippen molar-refractivity contribution in [2.75, 3.05) is 7.05 Å². The van der Waals surface area contributed by atoms with E-state index in [1.165, 1.54) is 29.2 Å². The van der Waals surface area contributed by atoms with E-state index in [0.717, 1.165) is 5.56 Å². The summed E-state index contributed by atoms with van der Waals surface area (Å²) < 4.78 is 28.5. The first-order chi connectivity index (χ1) is 18.0. The Bertz CT molecular complexity index is 1240. The van der Waals surface area contributed by atoms with Crippen LogP contribution < -0.4 is 0 Å². The first-order valence-corrected chi connectivity index (χ1v) is 12.4. The van der Waals surface area contributed by atoms with Crippen LogP contribution >= 0.6 is 0 Å². The van der Waals surface area contributed by atoms with Crippen LogP contribution in [-0.2, 0) is 17.8 Å². The highest BCUT2D eigenvalue weighted by molar-refractivity contribution is 5.94. The summed E-state index contributed by atoms with van der Waals surface area (Å²) in [5, 5.41) is 33.8. The molecule has 1 heterocycles. The zero-order chi connectivity index (χ0) is 28.0. The zero-order valence-electron chi connectivity index (χ0n) is 21.6. The van der Waals surface area contributed by atoms with Crippen molar-refractivity contribution in [2.45, 2.75) is 64.2 Å². The second kappa shape index (κ2) is 12.7. The first kappa shape index (κ1) is 28.9. The molecule has 1 amide bonds. The van der Waals surface area contributed by atoms with E-state index in [2.05, 4.69) is 5.10 Å². The summed E-state index contributed by atoms with van der Waals surface area (Å²) in [6.07, 6.45) is -2.30. The molecular weight excluding hydrogens is 496 g/mol. The molecule has 0 saturated heterocycles. The Hall–Kier alpha value is -3.63. The Labute approximate surface area is 220 Å². The summed E-state index contributed by atoms with van der Waals surface area (Å²) >= 11 is 0. The molecule has 0 bridgehead atoms. The van der Waals surface area contributed by atoms with E-state index in [0.29, 0.717) is 16.9 Å². The molecule has 0 fully saturated rings. The van der Waals surface area contributed by atoms with E-state index in [1.807, 2.05) is 13.8 Å². The van der Waals surface area contributed by atoms with Gasteiger partial charge < -0.3 is 20.2 Å². The van der Waals surface area contributed by atoms with Crippen LogP contribution in [0.5, 0.6) is 0 Å². The minimum Gasteiger partial charge on any atom is -0.481 e. The van der Waals surface area contributed by atoms with E-state index in [1.54, 1.807) is 36.0 Å². The summed E-state index contributed by atoms with van der Waals surface area (Å²) in [4.78, 5) is 25.9. The number of benzene rings is 2. The average molecular weight is 530 g/mol. The van der Waals surface area contributed by atoms with Crippen LogP contribution in [-0.4, -0.2) is 61.1 Å². The minimum absolute atomic E-state index is 0.111. The number of hydrogen-bond acceptors (Lipinski definition) is 5. The number of amides is 1. The molecule has 38 heavy (non-hydrogen) atoms. The molecule has 3 rings (SSSR count). The molecule has 0 aliphatic rings. The van der Waals surface area contributed by atoms with Gasteiger partial charge in [0, 0.05) is 24.8 Å². The van der Waals surface area contributed by atoms with Crippen molar-refractivity contribution in [2.24, 2.45) is 0 Å². The average Bonchev–Trinajstić information content (AvgIpc) is 3.23. The third-order valence-electron chi connectivity index (χ3n) is 6.22. The highest BCUT2D eigenvalue weighted by Crippen LogP contribution is 2.29. The number of aliphatic hydroxyl groups is 2. The van der Waals surface area contributed by atoms with Gasteiger partial charge in [0.2, 0.25) is 0 Å². The molecule has 3 aromatic rings. The minimum atomic E-state index is -1.19. The number of aliphatic carboxylic acids is 1. The predicted octanol–water partition coefficient (Wildman–Crippen LogP) is 4.07. The number of nitrogens with zero attached hydrogens (tertiary/aromatic N) is 3. The van der Waals surface area contributed by atoms with Gasteiger partial charge in [-0.05, 0) is 67.1 Å². The second-order valence-electron chi connectivity index (χ2n) is 9.72. The van der Waals surface area contributed by atoms with Gasteiger partial charge in [0.15, 0.2) is 5.69 Å². The van der Waals surface area contributed by atoms with E-state index >= 15 is 0 Å². The van der Waals surface area contributed by atoms with Gasteiger partial charge in [-0.15, -0.1) is 0 Å². The monoisotopic (exact) mass is 529 g/mol. The van der Waals surface area contributed by atoms with Crippen LogP contribution in [0.2, 0.25) is 0 Å². The SMILES string of the molecule is CC(C)c1c(C(=O)N(C)Cc2ccc(F)cc2)nn(-c2ccc(F)cc2)c1CC[C@@H](O)C[C@@H](O)CC(=O)O. The highest BCUT2D eigenvalue weighted by Gasteiger charge is 2.28. The quantitative estimate of drug-likeness (QED) is 0.326. The molecule has 204 valence electrons. The summed E-state index contributed by atoms with van der Waals surface area (Å²) in [7, 11) is 1.62. The van der Waals surface area contributed by atoms with Crippen molar-refractivity contribution in [3.63, 3.8) is 0 Å². The fourth-order valence-electron chi connectivity index (χ4n) is 4.40. The van der Waals surface area contributed by atoms with Crippen LogP contribution in [0.1, 0.15) is 66.3 Å². The van der Waals surface area contributed by atoms with Gasteiger partial charge >= 0.3 is 5.97 Å². The smallest absolute Gasteiger partial charge is 0.305 e. The first-order valence-electron chi connectivity index (χ1n) is 12.4. The number of carbonyl (C=O) groups excluding carboxylic acids is 1. The Balaban J connectivity index is 1.95. The number of aromatic nitrogens is 2. The fraction of sp³-hybridized carbons (Fsp3) is 0.393. The molecule has 3 N–H and O–H groups in total. The van der Waals surface area contributed by atoms with Gasteiger partial charge in [-0.1, -0.05) is 26.0 Å². The number of carboxylic acids is 1.